The molecular formula is C23H27FN6O3. The smallest absolute Gasteiger partial charge is 0.415 e. The van der Waals surface area contributed by atoms with Gasteiger partial charge in [0.15, 0.2) is 0 Å². The predicted molar refractivity (Wildman–Crippen MR) is 122 cm³/mol. The van der Waals surface area contributed by atoms with Crippen molar-refractivity contribution in [2.24, 2.45) is 0 Å². The zero-order chi connectivity index (χ0) is 23.2. The molecule has 9 nitrogen and oxygen atoms in total. The van der Waals surface area contributed by atoms with Crippen molar-refractivity contribution in [3.8, 4) is 0 Å². The SMILES string of the molecule is C=CC(=O)N1CCN(Cc2ccc(C(CF)Nc3nccc(N4CCOC4=O)n3)cc2)CC1. The average molecular weight is 455 g/mol. The van der Waals surface area contributed by atoms with Crippen molar-refractivity contribution in [2.45, 2.75) is 12.6 Å². The van der Waals surface area contributed by atoms with Crippen LogP contribution in [-0.4, -0.2) is 77.8 Å². The molecule has 3 heterocycles. The second kappa shape index (κ2) is 10.4. The summed E-state index contributed by atoms with van der Waals surface area (Å²) in [5.74, 6) is 0.627. The molecule has 10 heteroatoms. The highest BCUT2D eigenvalue weighted by atomic mass is 19.1. The van der Waals surface area contributed by atoms with Crippen molar-refractivity contribution in [1.29, 1.82) is 0 Å². The summed E-state index contributed by atoms with van der Waals surface area (Å²) < 4.78 is 18.8. The number of carbonyl (C=O) groups excluding carboxylic acids is 2. The molecule has 1 unspecified atom stereocenters. The maximum Gasteiger partial charge on any atom is 0.415 e. The van der Waals surface area contributed by atoms with Crippen LogP contribution in [0, 0.1) is 0 Å². The van der Waals surface area contributed by atoms with E-state index in [4.69, 9.17) is 4.74 Å². The third-order valence-corrected chi connectivity index (χ3v) is 5.78. The van der Waals surface area contributed by atoms with Gasteiger partial charge in [0.2, 0.25) is 11.9 Å². The van der Waals surface area contributed by atoms with E-state index in [9.17, 15) is 14.0 Å². The Bertz CT molecular complexity index is 994. The minimum atomic E-state index is -0.641. The zero-order valence-electron chi connectivity index (χ0n) is 18.3. The Kier molecular flexibility index (Phi) is 7.13. The summed E-state index contributed by atoms with van der Waals surface area (Å²) in [6, 6.07) is 8.76. The molecule has 0 saturated carbocycles. The lowest BCUT2D eigenvalue weighted by molar-refractivity contribution is -0.127. The van der Waals surface area contributed by atoms with Gasteiger partial charge in [-0.15, -0.1) is 0 Å². The molecule has 174 valence electrons. The maximum atomic E-state index is 13.8. The fourth-order valence-electron chi connectivity index (χ4n) is 3.91. The summed E-state index contributed by atoms with van der Waals surface area (Å²) in [6.07, 6.45) is 2.42. The summed E-state index contributed by atoms with van der Waals surface area (Å²) in [5, 5.41) is 3.01. The lowest BCUT2D eigenvalue weighted by atomic mass is 10.1. The van der Waals surface area contributed by atoms with Gasteiger partial charge in [-0.25, -0.2) is 14.2 Å². The number of benzene rings is 1. The summed E-state index contributed by atoms with van der Waals surface area (Å²) in [5.41, 5.74) is 1.89. The summed E-state index contributed by atoms with van der Waals surface area (Å²) in [4.78, 5) is 37.5. The second-order valence-corrected chi connectivity index (χ2v) is 7.90. The van der Waals surface area contributed by atoms with Crippen LogP contribution in [0.2, 0.25) is 0 Å². The number of amides is 2. The number of carbonyl (C=O) groups is 2. The largest absolute Gasteiger partial charge is 0.447 e. The molecule has 2 saturated heterocycles. The van der Waals surface area contributed by atoms with E-state index < -0.39 is 18.8 Å². The number of nitrogens with zero attached hydrogens (tertiary/aromatic N) is 5. The molecule has 33 heavy (non-hydrogen) atoms. The highest BCUT2D eigenvalue weighted by molar-refractivity contribution is 5.88. The average Bonchev–Trinajstić information content (AvgIpc) is 3.29. The third kappa shape index (κ3) is 5.46. The summed E-state index contributed by atoms with van der Waals surface area (Å²) >= 11 is 0. The number of piperazine rings is 1. The molecule has 1 aromatic heterocycles. The molecule has 0 aliphatic carbocycles. The molecule has 2 fully saturated rings. The molecule has 0 spiro atoms. The van der Waals surface area contributed by atoms with Crippen LogP contribution >= 0.6 is 0 Å². The normalized spacial score (nSPS) is 17.5. The van der Waals surface area contributed by atoms with E-state index in [0.29, 0.717) is 32.1 Å². The highest BCUT2D eigenvalue weighted by Crippen LogP contribution is 2.22. The molecule has 1 N–H and O–H groups in total. The first-order chi connectivity index (χ1) is 16.1. The van der Waals surface area contributed by atoms with Crippen LogP contribution < -0.4 is 10.2 Å². The van der Waals surface area contributed by atoms with Gasteiger partial charge < -0.3 is 15.0 Å². The van der Waals surface area contributed by atoms with Gasteiger partial charge in [0.1, 0.15) is 19.1 Å². The number of anilines is 2. The Labute approximate surface area is 191 Å². The van der Waals surface area contributed by atoms with Crippen molar-refractivity contribution in [2.75, 3.05) is 56.2 Å². The van der Waals surface area contributed by atoms with Gasteiger partial charge >= 0.3 is 6.09 Å². The van der Waals surface area contributed by atoms with Crippen LogP contribution in [0.1, 0.15) is 17.2 Å². The van der Waals surface area contributed by atoms with E-state index in [-0.39, 0.29) is 11.9 Å². The maximum absolute atomic E-state index is 13.8. The van der Waals surface area contributed by atoms with Crippen LogP contribution in [0.3, 0.4) is 0 Å². The minimum absolute atomic E-state index is 0.0290. The van der Waals surface area contributed by atoms with Gasteiger partial charge in [0.25, 0.3) is 0 Å². The van der Waals surface area contributed by atoms with E-state index in [2.05, 4.69) is 26.8 Å². The van der Waals surface area contributed by atoms with Crippen molar-refractivity contribution in [1.82, 2.24) is 19.8 Å². The molecule has 2 amide bonds. The number of hydrogen-bond acceptors (Lipinski definition) is 7. The highest BCUT2D eigenvalue weighted by Gasteiger charge is 2.25. The van der Waals surface area contributed by atoms with Gasteiger partial charge in [-0.3, -0.25) is 14.6 Å². The standard InChI is InChI=1S/C23H27FN6O3/c1-2-21(31)29-11-9-28(10-12-29)16-17-3-5-18(6-4-17)19(15-24)26-22-25-8-7-20(27-22)30-13-14-33-23(30)32/h2-8,19H,1,9-16H2,(H,25,26,27). The molecule has 2 aliphatic rings. The number of ether oxygens (including phenoxy) is 1. The monoisotopic (exact) mass is 454 g/mol. The Morgan fingerprint density at radius 3 is 2.58 bits per heavy atom. The van der Waals surface area contributed by atoms with Gasteiger partial charge in [0.05, 0.1) is 12.6 Å². The van der Waals surface area contributed by atoms with Crippen LogP contribution in [0.5, 0.6) is 0 Å². The molecule has 2 aliphatic heterocycles. The van der Waals surface area contributed by atoms with Crippen molar-refractivity contribution in [3.05, 3.63) is 60.3 Å². The number of cyclic esters (lactones) is 1. The van der Waals surface area contributed by atoms with Crippen LogP contribution in [0.15, 0.2) is 49.2 Å². The molecule has 2 aromatic rings. The van der Waals surface area contributed by atoms with Crippen molar-refractivity contribution >= 4 is 23.8 Å². The number of hydrogen-bond donors (Lipinski definition) is 1. The number of alkyl halides is 1. The molecule has 0 radical (unpaired) electrons. The van der Waals surface area contributed by atoms with Crippen molar-refractivity contribution < 1.29 is 18.7 Å². The van der Waals surface area contributed by atoms with Gasteiger partial charge in [-0.05, 0) is 23.3 Å². The summed E-state index contributed by atoms with van der Waals surface area (Å²) in [6.45, 7) is 7.37. The molecule has 0 bridgehead atoms. The first-order valence-electron chi connectivity index (χ1n) is 10.9. The fourth-order valence-corrected chi connectivity index (χ4v) is 3.91. The lowest BCUT2D eigenvalue weighted by Crippen LogP contribution is -2.47. The van der Waals surface area contributed by atoms with Crippen molar-refractivity contribution in [3.63, 3.8) is 0 Å². The van der Waals surface area contributed by atoms with Crippen LogP contribution in [-0.2, 0) is 16.1 Å². The minimum Gasteiger partial charge on any atom is -0.447 e. The van der Waals surface area contributed by atoms with E-state index in [0.717, 1.165) is 30.8 Å². The first-order valence-corrected chi connectivity index (χ1v) is 10.9. The van der Waals surface area contributed by atoms with Crippen LogP contribution in [0.25, 0.3) is 0 Å². The number of halogens is 1. The lowest BCUT2D eigenvalue weighted by Gasteiger charge is -2.34. The number of rotatable bonds is 8. The molecular weight excluding hydrogens is 427 g/mol. The topological polar surface area (TPSA) is 90.9 Å². The van der Waals surface area contributed by atoms with Gasteiger partial charge in [-0.2, -0.15) is 4.98 Å². The number of aromatic nitrogens is 2. The Balaban J connectivity index is 1.35. The van der Waals surface area contributed by atoms with Crippen LogP contribution in [0.4, 0.5) is 21.0 Å². The quantitative estimate of drug-likeness (QED) is 0.613. The fraction of sp³-hybridized carbons (Fsp3) is 0.391. The van der Waals surface area contributed by atoms with Gasteiger partial charge in [0, 0.05) is 38.9 Å². The Morgan fingerprint density at radius 2 is 1.94 bits per heavy atom. The molecule has 4 rings (SSSR count). The Morgan fingerprint density at radius 1 is 1.18 bits per heavy atom. The zero-order valence-corrected chi connectivity index (χ0v) is 18.3. The van der Waals surface area contributed by atoms with Gasteiger partial charge in [-0.1, -0.05) is 30.8 Å². The second-order valence-electron chi connectivity index (χ2n) is 7.90. The van der Waals surface area contributed by atoms with E-state index in [1.165, 1.54) is 17.2 Å². The summed E-state index contributed by atoms with van der Waals surface area (Å²) in [7, 11) is 0. The number of nitrogens with one attached hydrogen (secondary N) is 1. The van der Waals surface area contributed by atoms with E-state index >= 15 is 0 Å². The Hall–Kier alpha value is -3.53. The van der Waals surface area contributed by atoms with E-state index in [1.807, 2.05) is 24.3 Å². The van der Waals surface area contributed by atoms with E-state index in [1.54, 1.807) is 11.0 Å². The molecule has 1 aromatic carbocycles. The molecule has 1 atom stereocenters. The third-order valence-electron chi connectivity index (χ3n) is 5.78. The first kappa shape index (κ1) is 22.7. The predicted octanol–water partition coefficient (Wildman–Crippen LogP) is 2.39.